The number of nitrogens with zero attached hydrogens (tertiary/aromatic N) is 1. The van der Waals surface area contributed by atoms with Crippen molar-refractivity contribution in [2.45, 2.75) is 17.7 Å². The molecular weight excluding hydrogens is 296 g/mol. The maximum atomic E-state index is 11.9. The number of nitrogens with one attached hydrogen (secondary N) is 1. The summed E-state index contributed by atoms with van der Waals surface area (Å²) in [6.07, 6.45) is 0.288. The van der Waals surface area contributed by atoms with Gasteiger partial charge in [-0.05, 0) is 18.6 Å². The van der Waals surface area contributed by atoms with Gasteiger partial charge < -0.3 is 10.0 Å². The molecule has 0 bridgehead atoms. The Balaban J connectivity index is 2.47. The van der Waals surface area contributed by atoms with Crippen LogP contribution < -0.4 is 4.72 Å². The number of carbonyl (C=O) groups excluding carboxylic acids is 1. The second kappa shape index (κ2) is 7.75. The minimum atomic E-state index is -3.71. The van der Waals surface area contributed by atoms with E-state index in [2.05, 4.69) is 4.72 Å². The number of hydrogen-bond donors (Lipinski definition) is 2. The van der Waals surface area contributed by atoms with Crippen LogP contribution in [0.25, 0.3) is 0 Å². The van der Waals surface area contributed by atoms with Gasteiger partial charge in [-0.25, -0.2) is 13.1 Å². The molecule has 0 aliphatic heterocycles. The van der Waals surface area contributed by atoms with Gasteiger partial charge in [0.2, 0.25) is 15.9 Å². The van der Waals surface area contributed by atoms with Gasteiger partial charge in [0.05, 0.1) is 11.4 Å². The summed E-state index contributed by atoms with van der Waals surface area (Å²) in [4.78, 5) is 23.5. The molecular formula is C13H18N2O5S. The molecule has 0 unspecified atom stereocenters. The molecule has 1 rings (SSSR count). The number of aliphatic carboxylic acids is 1. The van der Waals surface area contributed by atoms with Crippen LogP contribution in [0.2, 0.25) is 0 Å². The fourth-order valence-corrected chi connectivity index (χ4v) is 2.56. The molecule has 8 heteroatoms. The van der Waals surface area contributed by atoms with Crippen LogP contribution in [-0.2, 0) is 19.6 Å². The Morgan fingerprint density at radius 1 is 1.24 bits per heavy atom. The predicted molar refractivity (Wildman–Crippen MR) is 76.1 cm³/mol. The van der Waals surface area contributed by atoms with Crippen LogP contribution in [0.15, 0.2) is 35.2 Å². The van der Waals surface area contributed by atoms with Crippen molar-refractivity contribution in [1.29, 1.82) is 0 Å². The first-order chi connectivity index (χ1) is 9.83. The first-order valence-corrected chi connectivity index (χ1v) is 7.81. The summed E-state index contributed by atoms with van der Waals surface area (Å²) in [7, 11) is -2.21. The third kappa shape index (κ3) is 5.92. The summed E-state index contributed by atoms with van der Waals surface area (Å²) in [5.74, 6) is -1.35. The van der Waals surface area contributed by atoms with Crippen LogP contribution in [0, 0.1) is 0 Å². The summed E-state index contributed by atoms with van der Waals surface area (Å²) >= 11 is 0. The van der Waals surface area contributed by atoms with Crippen molar-refractivity contribution in [2.24, 2.45) is 0 Å². The molecule has 7 nitrogen and oxygen atoms in total. The summed E-state index contributed by atoms with van der Waals surface area (Å²) in [5, 5.41) is 8.51. The van der Waals surface area contributed by atoms with Crippen LogP contribution in [-0.4, -0.2) is 50.4 Å². The lowest BCUT2D eigenvalue weighted by atomic mass is 10.3. The second-order valence-corrected chi connectivity index (χ2v) is 6.22. The first-order valence-electron chi connectivity index (χ1n) is 6.33. The SMILES string of the molecule is CN(CCCC(=O)O)C(=O)CNS(=O)(=O)c1ccccc1. The number of carbonyl (C=O) groups is 2. The first kappa shape index (κ1) is 17.1. The number of amides is 1. The van der Waals surface area contributed by atoms with Gasteiger partial charge in [-0.1, -0.05) is 18.2 Å². The number of likely N-dealkylation sites (N-methyl/N-ethyl adjacent to an activating group) is 1. The molecule has 2 N–H and O–H groups in total. The van der Waals surface area contributed by atoms with Crippen LogP contribution >= 0.6 is 0 Å². The summed E-state index contributed by atoms with van der Waals surface area (Å²) in [6.45, 7) is -0.0982. The molecule has 0 atom stereocenters. The van der Waals surface area contributed by atoms with E-state index in [9.17, 15) is 18.0 Å². The predicted octanol–water partition coefficient (Wildman–Crippen LogP) is 0.288. The fraction of sp³-hybridized carbons (Fsp3) is 0.385. The lowest BCUT2D eigenvalue weighted by molar-refractivity contribution is -0.137. The van der Waals surface area contributed by atoms with Crippen molar-refractivity contribution in [1.82, 2.24) is 9.62 Å². The highest BCUT2D eigenvalue weighted by atomic mass is 32.2. The molecule has 116 valence electrons. The second-order valence-electron chi connectivity index (χ2n) is 4.45. The number of benzene rings is 1. The molecule has 0 saturated heterocycles. The normalized spacial score (nSPS) is 11.1. The smallest absolute Gasteiger partial charge is 0.303 e. The van der Waals surface area contributed by atoms with E-state index in [0.717, 1.165) is 0 Å². The highest BCUT2D eigenvalue weighted by Crippen LogP contribution is 2.06. The van der Waals surface area contributed by atoms with Gasteiger partial charge in [-0.15, -0.1) is 0 Å². The number of hydrogen-bond acceptors (Lipinski definition) is 4. The van der Waals surface area contributed by atoms with Crippen molar-refractivity contribution in [3.05, 3.63) is 30.3 Å². The molecule has 0 heterocycles. The van der Waals surface area contributed by atoms with Crippen LogP contribution in [0.4, 0.5) is 0 Å². The summed E-state index contributed by atoms with van der Waals surface area (Å²) < 4.78 is 26.0. The molecule has 0 spiro atoms. The number of sulfonamides is 1. The molecule has 0 radical (unpaired) electrons. The Labute approximate surface area is 123 Å². The molecule has 0 aliphatic rings. The lowest BCUT2D eigenvalue weighted by Gasteiger charge is -2.17. The van der Waals surface area contributed by atoms with Crippen molar-refractivity contribution in [3.63, 3.8) is 0 Å². The molecule has 1 amide bonds. The molecule has 0 aliphatic carbocycles. The van der Waals surface area contributed by atoms with Gasteiger partial charge >= 0.3 is 5.97 Å². The lowest BCUT2D eigenvalue weighted by Crippen LogP contribution is -2.38. The molecule has 0 saturated carbocycles. The molecule has 0 fully saturated rings. The molecule has 21 heavy (non-hydrogen) atoms. The Morgan fingerprint density at radius 2 is 1.86 bits per heavy atom. The van der Waals surface area contributed by atoms with Gasteiger partial charge in [0.15, 0.2) is 0 Å². The number of carboxylic acids is 1. The van der Waals surface area contributed by atoms with E-state index >= 15 is 0 Å². The molecule has 1 aromatic rings. The molecule has 1 aromatic carbocycles. The summed E-state index contributed by atoms with van der Waals surface area (Å²) in [6, 6.07) is 7.75. The summed E-state index contributed by atoms with van der Waals surface area (Å²) in [5.41, 5.74) is 0. The van der Waals surface area contributed by atoms with E-state index in [-0.39, 0.29) is 24.4 Å². The zero-order valence-corrected chi connectivity index (χ0v) is 12.5. The third-order valence-electron chi connectivity index (χ3n) is 2.78. The Morgan fingerprint density at radius 3 is 2.43 bits per heavy atom. The van der Waals surface area contributed by atoms with E-state index < -0.39 is 21.9 Å². The van der Waals surface area contributed by atoms with Gasteiger partial charge in [-0.2, -0.15) is 0 Å². The number of rotatable bonds is 8. The maximum Gasteiger partial charge on any atom is 0.303 e. The molecule has 0 aromatic heterocycles. The highest BCUT2D eigenvalue weighted by molar-refractivity contribution is 7.89. The third-order valence-corrected chi connectivity index (χ3v) is 4.19. The minimum absolute atomic E-state index is 0.0344. The van der Waals surface area contributed by atoms with E-state index in [0.29, 0.717) is 6.42 Å². The standard InChI is InChI=1S/C13H18N2O5S/c1-15(9-5-8-13(17)18)12(16)10-14-21(19,20)11-6-3-2-4-7-11/h2-4,6-7,14H,5,8-10H2,1H3,(H,17,18). The zero-order chi connectivity index (χ0) is 15.9. The quantitative estimate of drug-likeness (QED) is 0.717. The Kier molecular flexibility index (Phi) is 6.32. The number of carboxylic acid groups (broad SMARTS) is 1. The highest BCUT2D eigenvalue weighted by Gasteiger charge is 2.16. The van der Waals surface area contributed by atoms with E-state index in [1.165, 1.54) is 24.1 Å². The monoisotopic (exact) mass is 314 g/mol. The maximum absolute atomic E-state index is 11.9. The van der Waals surface area contributed by atoms with Crippen LogP contribution in [0.1, 0.15) is 12.8 Å². The van der Waals surface area contributed by atoms with Crippen LogP contribution in [0.3, 0.4) is 0 Å². The Hall–Kier alpha value is -1.93. The van der Waals surface area contributed by atoms with E-state index in [1.54, 1.807) is 18.2 Å². The minimum Gasteiger partial charge on any atom is -0.481 e. The average Bonchev–Trinajstić information content (AvgIpc) is 2.45. The zero-order valence-electron chi connectivity index (χ0n) is 11.7. The average molecular weight is 314 g/mol. The van der Waals surface area contributed by atoms with Gasteiger partial charge in [0.25, 0.3) is 0 Å². The van der Waals surface area contributed by atoms with Crippen molar-refractivity contribution in [3.8, 4) is 0 Å². The van der Waals surface area contributed by atoms with E-state index in [1.807, 2.05) is 0 Å². The largest absolute Gasteiger partial charge is 0.481 e. The van der Waals surface area contributed by atoms with Crippen molar-refractivity contribution >= 4 is 21.9 Å². The van der Waals surface area contributed by atoms with E-state index in [4.69, 9.17) is 5.11 Å². The van der Waals surface area contributed by atoms with Gasteiger partial charge in [-0.3, -0.25) is 9.59 Å². The topological polar surface area (TPSA) is 104 Å². The fourth-order valence-electron chi connectivity index (χ4n) is 1.57. The van der Waals surface area contributed by atoms with Crippen molar-refractivity contribution in [2.75, 3.05) is 20.1 Å². The van der Waals surface area contributed by atoms with Gasteiger partial charge in [0, 0.05) is 20.0 Å². The van der Waals surface area contributed by atoms with Gasteiger partial charge in [0.1, 0.15) is 0 Å². The van der Waals surface area contributed by atoms with Crippen LogP contribution in [0.5, 0.6) is 0 Å². The van der Waals surface area contributed by atoms with Crippen molar-refractivity contribution < 1.29 is 23.1 Å². The Bertz CT molecular complexity index is 586.